The van der Waals surface area contributed by atoms with Crippen LogP contribution in [0.1, 0.15) is 78.5 Å². The van der Waals surface area contributed by atoms with E-state index in [2.05, 4.69) is 20.3 Å². The van der Waals surface area contributed by atoms with Gasteiger partial charge < -0.3 is 49.4 Å². The number of aryl methyl sites for hydroxylation is 1. The molecule has 5 aliphatic rings. The Hall–Kier alpha value is -7.37. The standard InChI is InChI=1S/C50H54N8O10/c1-27-45(44-43(54-27)42(52-25-53-44)40-37(65-24-29-8-9-29)16-17-38-46(40)67-26-66-38)68-50(62)55-35(22-28-10-12-30(13-11-28)47(51)59)49(61)57-20-18-32(19-21-57)58-48(60)34-7-5-4-6-33(34)41(56-58)31-14-15-36(63-2)39(23-31)64-3/h10-17,23,25,29,32-35,54H,4-9,18-22,24,26H2,1-3H3,(H2,51,59)(H,55,62)/t33-,34+,35+/m0/s1. The minimum absolute atomic E-state index is 0.00306. The first-order chi connectivity index (χ1) is 33.1. The number of hydrogen-bond acceptors (Lipinski definition) is 13. The molecule has 3 atom stereocenters. The minimum atomic E-state index is -1.07. The van der Waals surface area contributed by atoms with E-state index in [0.29, 0.717) is 106 Å². The number of benzene rings is 3. The van der Waals surface area contributed by atoms with Crippen molar-refractivity contribution in [1.29, 1.82) is 0 Å². The Labute approximate surface area is 392 Å². The maximum atomic E-state index is 14.6. The van der Waals surface area contributed by atoms with Crippen LogP contribution in [-0.2, 0) is 16.0 Å². The number of H-pyrrole nitrogens is 1. The molecule has 3 aromatic carbocycles. The summed E-state index contributed by atoms with van der Waals surface area (Å²) in [5, 5.41) is 9.59. The van der Waals surface area contributed by atoms with Gasteiger partial charge in [-0.3, -0.25) is 14.4 Å². The predicted octanol–water partition coefficient (Wildman–Crippen LogP) is 6.31. The Balaban J connectivity index is 0.885. The first-order valence-corrected chi connectivity index (χ1v) is 23.3. The van der Waals surface area contributed by atoms with Crippen LogP contribution in [0, 0.1) is 24.7 Å². The first-order valence-electron chi connectivity index (χ1n) is 23.3. The van der Waals surface area contributed by atoms with E-state index in [4.69, 9.17) is 39.3 Å². The molecule has 1 saturated heterocycles. The average molecular weight is 927 g/mol. The zero-order chi connectivity index (χ0) is 47.1. The van der Waals surface area contributed by atoms with Gasteiger partial charge in [0.25, 0.3) is 0 Å². The molecule has 0 unspecified atom stereocenters. The highest BCUT2D eigenvalue weighted by Gasteiger charge is 2.44. The number of rotatable bonds is 14. The van der Waals surface area contributed by atoms with E-state index in [1.165, 1.54) is 6.33 Å². The smallest absolute Gasteiger partial charge is 0.413 e. The summed E-state index contributed by atoms with van der Waals surface area (Å²) < 4.78 is 35.0. The number of hydrazone groups is 1. The largest absolute Gasteiger partial charge is 0.493 e. The molecular weight excluding hydrogens is 873 g/mol. The van der Waals surface area contributed by atoms with Gasteiger partial charge in [-0.15, -0.1) is 0 Å². The minimum Gasteiger partial charge on any atom is -0.493 e. The van der Waals surface area contributed by atoms with Gasteiger partial charge in [-0.05, 0) is 99.4 Å². The second-order valence-corrected chi connectivity index (χ2v) is 18.1. The van der Waals surface area contributed by atoms with Crippen LogP contribution in [0.4, 0.5) is 4.79 Å². The highest BCUT2D eigenvalue weighted by Crippen LogP contribution is 2.49. The maximum Gasteiger partial charge on any atom is 0.413 e. The second kappa shape index (κ2) is 18.7. The maximum absolute atomic E-state index is 14.6. The van der Waals surface area contributed by atoms with Crippen molar-refractivity contribution < 1.29 is 47.6 Å². The molecule has 0 radical (unpaired) electrons. The van der Waals surface area contributed by atoms with Crippen LogP contribution < -0.4 is 39.5 Å². The van der Waals surface area contributed by atoms with E-state index in [0.717, 1.165) is 49.8 Å². The zero-order valence-corrected chi connectivity index (χ0v) is 38.2. The van der Waals surface area contributed by atoms with Crippen molar-refractivity contribution in [3.05, 3.63) is 83.3 Å². The number of ether oxygens (including phenoxy) is 6. The lowest BCUT2D eigenvalue weighted by Gasteiger charge is -2.43. The third-order valence-corrected chi connectivity index (χ3v) is 13.8. The third-order valence-electron chi connectivity index (χ3n) is 13.8. The normalized spacial score (nSPS) is 19.5. The van der Waals surface area contributed by atoms with Crippen LogP contribution in [0.25, 0.3) is 22.3 Å². The lowest BCUT2D eigenvalue weighted by Crippen LogP contribution is -2.56. The van der Waals surface area contributed by atoms with Gasteiger partial charge >= 0.3 is 6.09 Å². The summed E-state index contributed by atoms with van der Waals surface area (Å²) in [4.78, 5) is 68.9. The summed E-state index contributed by atoms with van der Waals surface area (Å²) in [5.74, 6) is 2.40. The molecule has 18 heteroatoms. The summed E-state index contributed by atoms with van der Waals surface area (Å²) in [5.41, 5.74) is 10.7. The van der Waals surface area contributed by atoms with Gasteiger partial charge in [0.1, 0.15) is 29.3 Å². The Morgan fingerprint density at radius 3 is 2.38 bits per heavy atom. The Morgan fingerprint density at radius 2 is 1.65 bits per heavy atom. The number of fused-ring (bicyclic) bond motifs is 3. The molecule has 2 aliphatic carbocycles. The summed E-state index contributed by atoms with van der Waals surface area (Å²) >= 11 is 0. The molecule has 5 aromatic rings. The van der Waals surface area contributed by atoms with Gasteiger partial charge in [0.2, 0.25) is 24.5 Å². The van der Waals surface area contributed by atoms with E-state index >= 15 is 0 Å². The van der Waals surface area contributed by atoms with E-state index in [1.807, 2.05) is 30.3 Å². The third kappa shape index (κ3) is 8.70. The van der Waals surface area contributed by atoms with Gasteiger partial charge in [-0.1, -0.05) is 25.0 Å². The second-order valence-electron chi connectivity index (χ2n) is 18.1. The fourth-order valence-corrected chi connectivity index (χ4v) is 9.95. The number of nitrogens with one attached hydrogen (secondary N) is 2. The first kappa shape index (κ1) is 44.5. The highest BCUT2D eigenvalue weighted by molar-refractivity contribution is 6.07. The average Bonchev–Trinajstić information content (AvgIpc) is 3.98. The van der Waals surface area contributed by atoms with Gasteiger partial charge in [0, 0.05) is 42.5 Å². The van der Waals surface area contributed by atoms with Crippen molar-refractivity contribution >= 4 is 40.6 Å². The van der Waals surface area contributed by atoms with Gasteiger partial charge in [0.15, 0.2) is 28.7 Å². The number of carbonyl (C=O) groups excluding carboxylic acids is 4. The number of piperidine rings is 1. The Morgan fingerprint density at radius 1 is 0.897 bits per heavy atom. The fourth-order valence-electron chi connectivity index (χ4n) is 9.95. The van der Waals surface area contributed by atoms with E-state index < -0.39 is 18.0 Å². The number of amides is 4. The van der Waals surface area contributed by atoms with Gasteiger partial charge in [-0.25, -0.2) is 19.8 Å². The number of aromatic nitrogens is 3. The topological polar surface area (TPSA) is 222 Å². The summed E-state index contributed by atoms with van der Waals surface area (Å²) in [6, 6.07) is 14.7. The molecule has 354 valence electrons. The van der Waals surface area contributed by atoms with Crippen LogP contribution in [0.5, 0.6) is 34.5 Å². The molecule has 2 saturated carbocycles. The van der Waals surface area contributed by atoms with Crippen LogP contribution in [0.2, 0.25) is 0 Å². The number of nitrogens with zero attached hydrogens (tertiary/aromatic N) is 5. The summed E-state index contributed by atoms with van der Waals surface area (Å²) in [6.07, 6.45) is 7.44. The molecule has 4 amide bonds. The number of aromatic amines is 1. The molecule has 3 fully saturated rings. The van der Waals surface area contributed by atoms with Crippen LogP contribution >= 0.6 is 0 Å². The molecular formula is C50H54N8O10. The van der Waals surface area contributed by atoms with Crippen LogP contribution in [0.15, 0.2) is 66.0 Å². The number of primary amides is 1. The van der Waals surface area contributed by atoms with Gasteiger partial charge in [0.05, 0.1) is 49.4 Å². The lowest BCUT2D eigenvalue weighted by molar-refractivity contribution is -0.143. The molecule has 5 heterocycles. The van der Waals surface area contributed by atoms with E-state index in [9.17, 15) is 19.2 Å². The van der Waals surface area contributed by atoms with Crippen molar-refractivity contribution in [2.24, 2.45) is 28.6 Å². The number of methoxy groups -OCH3 is 2. The molecule has 68 heavy (non-hydrogen) atoms. The summed E-state index contributed by atoms with van der Waals surface area (Å²) in [7, 11) is 3.19. The fraction of sp³-hybridized carbons (Fsp3) is 0.420. The molecule has 18 nitrogen and oxygen atoms in total. The SMILES string of the molecule is COc1ccc(C2=NN(C3CCN(C(=O)[C@@H](Cc4ccc(C(N)=O)cc4)NC(=O)Oc4c(C)[nH]c5c(-c6c(OCC7CC7)ccc7c6OCO7)ncnc45)CC3)C(=O)[C@@H]3CCCC[C@H]23)cc1OC. The van der Waals surface area contributed by atoms with Crippen molar-refractivity contribution in [2.75, 3.05) is 40.7 Å². The predicted molar refractivity (Wildman–Crippen MR) is 248 cm³/mol. The molecule has 0 bridgehead atoms. The van der Waals surface area contributed by atoms with Crippen LogP contribution in [-0.4, -0.2) is 107 Å². The quantitative estimate of drug-likeness (QED) is 0.112. The van der Waals surface area contributed by atoms with Crippen molar-refractivity contribution in [1.82, 2.24) is 30.2 Å². The monoisotopic (exact) mass is 926 g/mol. The van der Waals surface area contributed by atoms with Gasteiger partial charge in [-0.2, -0.15) is 5.10 Å². The summed E-state index contributed by atoms with van der Waals surface area (Å²) in [6.45, 7) is 3.00. The van der Waals surface area contributed by atoms with E-state index in [1.54, 1.807) is 55.3 Å². The van der Waals surface area contributed by atoms with Crippen molar-refractivity contribution in [3.63, 3.8) is 0 Å². The molecule has 10 rings (SSSR count). The molecule has 4 N–H and O–H groups in total. The number of hydrogen-bond donors (Lipinski definition) is 3. The van der Waals surface area contributed by atoms with Crippen molar-refractivity contribution in [2.45, 2.75) is 76.8 Å². The Kier molecular flexibility index (Phi) is 12.2. The Bertz CT molecular complexity index is 2800. The van der Waals surface area contributed by atoms with Crippen molar-refractivity contribution in [3.8, 4) is 45.8 Å². The number of carbonyl (C=O) groups is 4. The lowest BCUT2D eigenvalue weighted by atomic mass is 9.73. The van der Waals surface area contributed by atoms with Crippen LogP contribution in [0.3, 0.4) is 0 Å². The number of nitrogens with two attached hydrogens (primary N) is 1. The zero-order valence-electron chi connectivity index (χ0n) is 38.2. The molecule has 3 aliphatic heterocycles. The number of likely N-dealkylation sites (tertiary alicyclic amines) is 1. The molecule has 0 spiro atoms. The van der Waals surface area contributed by atoms with E-state index in [-0.39, 0.29) is 48.7 Å². The highest BCUT2D eigenvalue weighted by atomic mass is 16.7. The molecule has 2 aromatic heterocycles.